The Bertz CT molecular complexity index is 384. The third-order valence-electron chi connectivity index (χ3n) is 3.44. The van der Waals surface area contributed by atoms with Crippen molar-refractivity contribution in [3.63, 3.8) is 0 Å². The van der Waals surface area contributed by atoms with E-state index in [1.54, 1.807) is 6.92 Å². The Morgan fingerprint density at radius 2 is 1.59 bits per heavy atom. The summed E-state index contributed by atoms with van der Waals surface area (Å²) in [5, 5.41) is 9.00. The number of hydrogen-bond donors (Lipinski definition) is 1. The fraction of sp³-hybridized carbons (Fsp3) is 0.533. The molecule has 0 heterocycles. The van der Waals surface area contributed by atoms with Gasteiger partial charge in [0.05, 0.1) is 5.92 Å². The molecule has 0 spiro atoms. The molecule has 0 amide bonds. The van der Waals surface area contributed by atoms with Crippen LogP contribution in [-0.2, 0) is 10.2 Å². The van der Waals surface area contributed by atoms with Crippen molar-refractivity contribution >= 4 is 5.97 Å². The second-order valence-electron chi connectivity index (χ2n) is 5.79. The zero-order valence-corrected chi connectivity index (χ0v) is 11.3. The number of carboxylic acids is 1. The number of rotatable bonds is 3. The zero-order chi connectivity index (χ0) is 13.2. The van der Waals surface area contributed by atoms with Crippen LogP contribution in [0.5, 0.6) is 0 Å². The third kappa shape index (κ3) is 3.32. The van der Waals surface area contributed by atoms with Crippen LogP contribution in [0.1, 0.15) is 51.7 Å². The first-order valence-corrected chi connectivity index (χ1v) is 6.06. The van der Waals surface area contributed by atoms with Crippen LogP contribution < -0.4 is 0 Å². The summed E-state index contributed by atoms with van der Waals surface area (Å²) < 4.78 is 0. The summed E-state index contributed by atoms with van der Waals surface area (Å²) in [4.78, 5) is 10.9. The quantitative estimate of drug-likeness (QED) is 0.863. The van der Waals surface area contributed by atoms with Crippen molar-refractivity contribution in [1.29, 1.82) is 0 Å². The van der Waals surface area contributed by atoms with Gasteiger partial charge in [-0.15, -0.1) is 0 Å². The Hall–Kier alpha value is -1.31. The minimum absolute atomic E-state index is 0.0431. The molecule has 2 nitrogen and oxygen atoms in total. The fourth-order valence-corrected chi connectivity index (χ4v) is 1.79. The average molecular weight is 234 g/mol. The molecular formula is C15H22O2. The molecule has 94 valence electrons. The van der Waals surface area contributed by atoms with Gasteiger partial charge in [-0.05, 0) is 22.5 Å². The van der Waals surface area contributed by atoms with Gasteiger partial charge in [0, 0.05) is 0 Å². The summed E-state index contributed by atoms with van der Waals surface area (Å²) in [7, 11) is 0. The van der Waals surface area contributed by atoms with Gasteiger partial charge in [0.1, 0.15) is 0 Å². The fourth-order valence-electron chi connectivity index (χ4n) is 1.79. The van der Waals surface area contributed by atoms with E-state index in [-0.39, 0.29) is 17.3 Å². The molecule has 1 aromatic rings. The molecule has 1 rings (SSSR count). The van der Waals surface area contributed by atoms with E-state index in [4.69, 9.17) is 5.11 Å². The summed E-state index contributed by atoms with van der Waals surface area (Å²) in [5.74, 6) is -1.05. The average Bonchev–Trinajstić information content (AvgIpc) is 2.26. The lowest BCUT2D eigenvalue weighted by Gasteiger charge is -2.21. The lowest BCUT2D eigenvalue weighted by Crippen LogP contribution is -2.17. The molecule has 1 N–H and O–H groups in total. The molecular weight excluding hydrogens is 212 g/mol. The zero-order valence-electron chi connectivity index (χ0n) is 11.3. The molecule has 0 aliphatic carbocycles. The highest BCUT2D eigenvalue weighted by Gasteiger charge is 2.21. The van der Waals surface area contributed by atoms with Crippen LogP contribution in [-0.4, -0.2) is 11.1 Å². The van der Waals surface area contributed by atoms with Crippen LogP contribution >= 0.6 is 0 Å². The Labute approximate surface area is 104 Å². The van der Waals surface area contributed by atoms with Crippen LogP contribution in [0, 0.1) is 5.92 Å². The Balaban J connectivity index is 2.92. The van der Waals surface area contributed by atoms with Crippen molar-refractivity contribution in [2.75, 3.05) is 0 Å². The molecule has 0 radical (unpaired) electrons. The van der Waals surface area contributed by atoms with E-state index < -0.39 is 5.97 Å². The SMILES string of the molecule is CC(C(=O)O)C(C)c1ccc(C(C)(C)C)cc1. The molecule has 2 heteroatoms. The van der Waals surface area contributed by atoms with E-state index in [0.29, 0.717) is 0 Å². The first kappa shape index (κ1) is 13.8. The van der Waals surface area contributed by atoms with Crippen molar-refractivity contribution in [3.8, 4) is 0 Å². The molecule has 0 fully saturated rings. The van der Waals surface area contributed by atoms with E-state index in [1.807, 2.05) is 19.1 Å². The summed E-state index contributed by atoms with van der Waals surface area (Å²) in [6.07, 6.45) is 0. The van der Waals surface area contributed by atoms with Crippen LogP contribution in [0.25, 0.3) is 0 Å². The van der Waals surface area contributed by atoms with Crippen molar-refractivity contribution in [2.45, 2.75) is 46.0 Å². The van der Waals surface area contributed by atoms with Crippen molar-refractivity contribution in [2.24, 2.45) is 5.92 Å². The molecule has 0 saturated heterocycles. The van der Waals surface area contributed by atoms with Crippen molar-refractivity contribution in [1.82, 2.24) is 0 Å². The molecule has 17 heavy (non-hydrogen) atoms. The predicted molar refractivity (Wildman–Crippen MR) is 70.4 cm³/mol. The van der Waals surface area contributed by atoms with E-state index in [2.05, 4.69) is 32.9 Å². The lowest BCUT2D eigenvalue weighted by atomic mass is 9.84. The highest BCUT2D eigenvalue weighted by atomic mass is 16.4. The molecule has 0 aliphatic heterocycles. The van der Waals surface area contributed by atoms with Gasteiger partial charge in [-0.2, -0.15) is 0 Å². The Morgan fingerprint density at radius 3 is 1.94 bits per heavy atom. The van der Waals surface area contributed by atoms with Crippen molar-refractivity contribution < 1.29 is 9.90 Å². The first-order valence-electron chi connectivity index (χ1n) is 6.06. The van der Waals surface area contributed by atoms with Crippen molar-refractivity contribution in [3.05, 3.63) is 35.4 Å². The van der Waals surface area contributed by atoms with E-state index in [9.17, 15) is 4.79 Å². The topological polar surface area (TPSA) is 37.3 Å². The van der Waals surface area contributed by atoms with Crippen LogP contribution in [0.3, 0.4) is 0 Å². The molecule has 0 aromatic heterocycles. The number of benzene rings is 1. The van der Waals surface area contributed by atoms with Gasteiger partial charge in [0.25, 0.3) is 0 Å². The molecule has 0 aliphatic rings. The second kappa shape index (κ2) is 4.91. The smallest absolute Gasteiger partial charge is 0.306 e. The van der Waals surface area contributed by atoms with Gasteiger partial charge in [0.2, 0.25) is 0 Å². The monoisotopic (exact) mass is 234 g/mol. The number of carboxylic acid groups (broad SMARTS) is 1. The molecule has 0 saturated carbocycles. The van der Waals surface area contributed by atoms with Gasteiger partial charge < -0.3 is 5.11 Å². The third-order valence-corrected chi connectivity index (χ3v) is 3.44. The molecule has 2 unspecified atom stereocenters. The lowest BCUT2D eigenvalue weighted by molar-refractivity contribution is -0.141. The van der Waals surface area contributed by atoms with Gasteiger partial charge in [-0.3, -0.25) is 4.79 Å². The van der Waals surface area contributed by atoms with Gasteiger partial charge in [-0.25, -0.2) is 0 Å². The number of aliphatic carboxylic acids is 1. The maximum atomic E-state index is 10.9. The highest BCUT2D eigenvalue weighted by molar-refractivity contribution is 5.70. The Morgan fingerprint density at radius 1 is 1.12 bits per heavy atom. The summed E-state index contributed by atoms with van der Waals surface area (Å²) in [5.41, 5.74) is 2.50. The maximum Gasteiger partial charge on any atom is 0.306 e. The number of hydrogen-bond acceptors (Lipinski definition) is 1. The summed E-state index contributed by atoms with van der Waals surface area (Å²) in [6, 6.07) is 8.29. The summed E-state index contributed by atoms with van der Waals surface area (Å²) in [6.45, 7) is 10.2. The summed E-state index contributed by atoms with van der Waals surface area (Å²) >= 11 is 0. The van der Waals surface area contributed by atoms with Gasteiger partial charge in [-0.1, -0.05) is 58.9 Å². The predicted octanol–water partition coefficient (Wildman–Crippen LogP) is 3.81. The highest BCUT2D eigenvalue weighted by Crippen LogP contribution is 2.27. The molecule has 2 atom stereocenters. The van der Waals surface area contributed by atoms with E-state index in [1.165, 1.54) is 5.56 Å². The number of carbonyl (C=O) groups is 1. The minimum atomic E-state index is -0.739. The molecule has 1 aromatic carbocycles. The normalized spacial score (nSPS) is 15.4. The van der Waals surface area contributed by atoms with Crippen LogP contribution in [0.2, 0.25) is 0 Å². The maximum absolute atomic E-state index is 10.9. The van der Waals surface area contributed by atoms with Gasteiger partial charge in [0.15, 0.2) is 0 Å². The largest absolute Gasteiger partial charge is 0.481 e. The van der Waals surface area contributed by atoms with Crippen LogP contribution in [0.15, 0.2) is 24.3 Å². The van der Waals surface area contributed by atoms with E-state index >= 15 is 0 Å². The standard InChI is InChI=1S/C15H22O2/c1-10(11(2)14(16)17)12-6-8-13(9-7-12)15(3,4)5/h6-11H,1-5H3,(H,16,17). The second-order valence-corrected chi connectivity index (χ2v) is 5.79. The molecule has 0 bridgehead atoms. The minimum Gasteiger partial charge on any atom is -0.481 e. The van der Waals surface area contributed by atoms with Gasteiger partial charge >= 0.3 is 5.97 Å². The van der Waals surface area contributed by atoms with E-state index in [0.717, 1.165) is 5.56 Å². The van der Waals surface area contributed by atoms with Crippen LogP contribution in [0.4, 0.5) is 0 Å². The first-order chi connectivity index (χ1) is 7.73. The Kier molecular flexibility index (Phi) is 3.97.